The van der Waals surface area contributed by atoms with Crippen LogP contribution in [0, 0.1) is 6.92 Å². The first-order valence-electron chi connectivity index (χ1n) is 7.34. The number of aromatic nitrogens is 2. The molecule has 2 N–H and O–H groups in total. The minimum absolute atomic E-state index is 0.00289. The molecular weight excluding hydrogens is 262 g/mol. The van der Waals surface area contributed by atoms with Gasteiger partial charge >= 0.3 is 0 Å². The van der Waals surface area contributed by atoms with Gasteiger partial charge in [0.25, 0.3) is 0 Å². The molecule has 1 heterocycles. The van der Waals surface area contributed by atoms with E-state index in [2.05, 4.69) is 44.9 Å². The average molecular weight is 287 g/mol. The number of ether oxygens (including phenoxy) is 1. The predicted octanol–water partition coefficient (Wildman–Crippen LogP) is 3.96. The summed E-state index contributed by atoms with van der Waals surface area (Å²) in [5, 5.41) is 4.30. The van der Waals surface area contributed by atoms with Gasteiger partial charge in [-0.1, -0.05) is 39.8 Å². The molecule has 1 aromatic carbocycles. The van der Waals surface area contributed by atoms with E-state index in [1.807, 2.05) is 20.0 Å². The Balaban J connectivity index is 2.49. The van der Waals surface area contributed by atoms with Crippen molar-refractivity contribution < 1.29 is 4.74 Å². The molecule has 0 spiro atoms. The van der Waals surface area contributed by atoms with Crippen molar-refractivity contribution in [3.05, 3.63) is 35.0 Å². The molecule has 0 aliphatic carbocycles. The molecule has 0 aliphatic rings. The Bertz CT molecular complexity index is 651. The average Bonchev–Trinajstić information content (AvgIpc) is 2.64. The van der Waals surface area contributed by atoms with Gasteiger partial charge in [0, 0.05) is 12.6 Å². The standard InChI is InChI=1S/C17H25N3O/c1-7-12-8-9-14(13(10-12)17(3,4)5)21-16-15(18)11(2)19-20(16)6/h8-10H,7,18H2,1-6H3. The lowest BCUT2D eigenvalue weighted by molar-refractivity contribution is 0.415. The van der Waals surface area contributed by atoms with Gasteiger partial charge in [-0.2, -0.15) is 5.10 Å². The molecule has 0 saturated carbocycles. The molecule has 0 amide bonds. The van der Waals surface area contributed by atoms with Gasteiger partial charge in [-0.15, -0.1) is 0 Å². The second kappa shape index (κ2) is 5.43. The summed E-state index contributed by atoms with van der Waals surface area (Å²) in [7, 11) is 1.84. The van der Waals surface area contributed by atoms with E-state index < -0.39 is 0 Å². The molecule has 0 atom stereocenters. The highest BCUT2D eigenvalue weighted by Crippen LogP contribution is 2.37. The molecule has 0 bridgehead atoms. The first kappa shape index (κ1) is 15.4. The Labute approximate surface area is 126 Å². The van der Waals surface area contributed by atoms with Crippen molar-refractivity contribution in [1.82, 2.24) is 9.78 Å². The van der Waals surface area contributed by atoms with Crippen LogP contribution in [0.3, 0.4) is 0 Å². The van der Waals surface area contributed by atoms with Crippen LogP contribution < -0.4 is 10.5 Å². The Kier molecular flexibility index (Phi) is 3.99. The third kappa shape index (κ3) is 3.04. The summed E-state index contributed by atoms with van der Waals surface area (Å²) in [6.07, 6.45) is 1.01. The van der Waals surface area contributed by atoms with Crippen molar-refractivity contribution in [2.24, 2.45) is 7.05 Å². The summed E-state index contributed by atoms with van der Waals surface area (Å²) in [4.78, 5) is 0. The lowest BCUT2D eigenvalue weighted by atomic mass is 9.85. The number of nitrogen functional groups attached to an aromatic ring is 1. The van der Waals surface area contributed by atoms with Crippen molar-refractivity contribution >= 4 is 5.69 Å². The molecule has 114 valence electrons. The van der Waals surface area contributed by atoms with Crippen molar-refractivity contribution in [2.45, 2.75) is 46.5 Å². The summed E-state index contributed by atoms with van der Waals surface area (Å²) in [5.41, 5.74) is 9.93. The minimum atomic E-state index is 0.00289. The number of hydrogen-bond donors (Lipinski definition) is 1. The Morgan fingerprint density at radius 3 is 2.43 bits per heavy atom. The molecule has 0 aliphatic heterocycles. The zero-order chi connectivity index (χ0) is 15.8. The molecule has 2 aromatic rings. The number of nitrogens with zero attached hydrogens (tertiary/aromatic N) is 2. The third-order valence-electron chi connectivity index (χ3n) is 3.68. The normalized spacial score (nSPS) is 11.7. The molecule has 2 rings (SSSR count). The van der Waals surface area contributed by atoms with Crippen molar-refractivity contribution in [2.75, 3.05) is 5.73 Å². The molecule has 1 aromatic heterocycles. The van der Waals surface area contributed by atoms with Crippen LogP contribution in [0.1, 0.15) is 44.5 Å². The number of rotatable bonds is 3. The van der Waals surface area contributed by atoms with E-state index in [1.54, 1.807) is 4.68 Å². The van der Waals surface area contributed by atoms with Crippen LogP contribution in [0.2, 0.25) is 0 Å². The fraction of sp³-hybridized carbons (Fsp3) is 0.471. The second-order valence-corrected chi connectivity index (χ2v) is 6.46. The molecule has 0 unspecified atom stereocenters. The summed E-state index contributed by atoms with van der Waals surface area (Å²) in [5.74, 6) is 1.44. The summed E-state index contributed by atoms with van der Waals surface area (Å²) in [6.45, 7) is 10.6. The van der Waals surface area contributed by atoms with Gasteiger partial charge in [0.1, 0.15) is 11.4 Å². The second-order valence-electron chi connectivity index (χ2n) is 6.46. The minimum Gasteiger partial charge on any atom is -0.437 e. The highest BCUT2D eigenvalue weighted by atomic mass is 16.5. The Hall–Kier alpha value is -1.97. The van der Waals surface area contributed by atoms with Crippen LogP contribution in [0.25, 0.3) is 0 Å². The summed E-state index contributed by atoms with van der Waals surface area (Å²) in [6, 6.07) is 6.35. The van der Waals surface area contributed by atoms with Gasteiger partial charge in [-0.3, -0.25) is 0 Å². The van der Waals surface area contributed by atoms with E-state index in [9.17, 15) is 0 Å². The zero-order valence-electron chi connectivity index (χ0n) is 13.8. The van der Waals surface area contributed by atoms with Gasteiger partial charge in [0.15, 0.2) is 0 Å². The highest BCUT2D eigenvalue weighted by Gasteiger charge is 2.22. The van der Waals surface area contributed by atoms with Gasteiger partial charge in [0.2, 0.25) is 5.88 Å². The van der Waals surface area contributed by atoms with E-state index in [0.717, 1.165) is 17.9 Å². The monoisotopic (exact) mass is 287 g/mol. The third-order valence-corrected chi connectivity index (χ3v) is 3.68. The molecule has 0 saturated heterocycles. The van der Waals surface area contributed by atoms with Gasteiger partial charge < -0.3 is 10.5 Å². The SMILES string of the molecule is CCc1ccc(Oc2c(N)c(C)nn2C)c(C(C)(C)C)c1. The van der Waals surface area contributed by atoms with Crippen molar-refractivity contribution in [3.8, 4) is 11.6 Å². The maximum absolute atomic E-state index is 6.09. The zero-order valence-corrected chi connectivity index (χ0v) is 13.8. The smallest absolute Gasteiger partial charge is 0.241 e. The van der Waals surface area contributed by atoms with E-state index in [0.29, 0.717) is 11.6 Å². The Morgan fingerprint density at radius 1 is 1.29 bits per heavy atom. The van der Waals surface area contributed by atoms with Crippen LogP contribution in [0.4, 0.5) is 5.69 Å². The predicted molar refractivity (Wildman–Crippen MR) is 87.0 cm³/mol. The van der Waals surface area contributed by atoms with Crippen LogP contribution in [-0.2, 0) is 18.9 Å². The number of nitrogens with two attached hydrogens (primary N) is 1. The lowest BCUT2D eigenvalue weighted by Crippen LogP contribution is -2.13. The maximum Gasteiger partial charge on any atom is 0.241 e. The first-order chi connectivity index (χ1) is 9.74. The van der Waals surface area contributed by atoms with Crippen LogP contribution in [0.5, 0.6) is 11.6 Å². The quantitative estimate of drug-likeness (QED) is 0.929. The van der Waals surface area contributed by atoms with E-state index in [1.165, 1.54) is 11.1 Å². The van der Waals surface area contributed by atoms with Crippen LogP contribution >= 0.6 is 0 Å². The van der Waals surface area contributed by atoms with E-state index in [4.69, 9.17) is 10.5 Å². The molecule has 4 heteroatoms. The van der Waals surface area contributed by atoms with Gasteiger partial charge in [-0.05, 0) is 30.4 Å². The van der Waals surface area contributed by atoms with Gasteiger partial charge in [-0.25, -0.2) is 4.68 Å². The molecule has 0 fully saturated rings. The number of aryl methyl sites for hydroxylation is 3. The number of anilines is 1. The molecular formula is C17H25N3O. The lowest BCUT2D eigenvalue weighted by Gasteiger charge is -2.23. The first-order valence-corrected chi connectivity index (χ1v) is 7.34. The fourth-order valence-corrected chi connectivity index (χ4v) is 2.35. The summed E-state index contributed by atoms with van der Waals surface area (Å²) < 4.78 is 7.78. The number of hydrogen-bond acceptors (Lipinski definition) is 3. The Morgan fingerprint density at radius 2 is 1.95 bits per heavy atom. The fourth-order valence-electron chi connectivity index (χ4n) is 2.35. The van der Waals surface area contributed by atoms with Gasteiger partial charge in [0.05, 0.1) is 5.69 Å². The number of benzene rings is 1. The van der Waals surface area contributed by atoms with Crippen LogP contribution in [-0.4, -0.2) is 9.78 Å². The summed E-state index contributed by atoms with van der Waals surface area (Å²) >= 11 is 0. The topological polar surface area (TPSA) is 53.1 Å². The van der Waals surface area contributed by atoms with Crippen molar-refractivity contribution in [1.29, 1.82) is 0 Å². The van der Waals surface area contributed by atoms with E-state index >= 15 is 0 Å². The maximum atomic E-state index is 6.09. The molecule has 0 radical (unpaired) electrons. The van der Waals surface area contributed by atoms with E-state index in [-0.39, 0.29) is 5.41 Å². The molecule has 4 nitrogen and oxygen atoms in total. The van der Waals surface area contributed by atoms with Crippen LogP contribution in [0.15, 0.2) is 18.2 Å². The largest absolute Gasteiger partial charge is 0.437 e. The molecule has 21 heavy (non-hydrogen) atoms. The highest BCUT2D eigenvalue weighted by molar-refractivity contribution is 5.55. The van der Waals surface area contributed by atoms with Crippen molar-refractivity contribution in [3.63, 3.8) is 0 Å².